The van der Waals surface area contributed by atoms with Gasteiger partial charge < -0.3 is 14.5 Å². The molecule has 0 saturated heterocycles. The third-order valence-electron chi connectivity index (χ3n) is 4.86. The quantitative estimate of drug-likeness (QED) is 0.351. The van der Waals surface area contributed by atoms with Crippen LogP contribution < -0.4 is 10.1 Å². The molecule has 0 saturated carbocycles. The number of nitrogens with one attached hydrogen (secondary N) is 1. The number of oxazole rings is 1. The maximum atomic E-state index is 6.12. The molecule has 142 valence electrons. The van der Waals surface area contributed by atoms with Gasteiger partial charge in [0.1, 0.15) is 11.3 Å². The summed E-state index contributed by atoms with van der Waals surface area (Å²) in [5, 5.41) is 6.28. The number of ether oxygens (including phenoxy) is 1. The first-order valence-corrected chi connectivity index (χ1v) is 9.58. The summed E-state index contributed by atoms with van der Waals surface area (Å²) >= 11 is 6.01. The standard InChI is InChI=1S/C24H17ClN2O2/c1-28-18-12-6-15(7-13-18)24-27-23-20-5-3-2-4-19(20)21(14-22(23)29-24)26-17-10-8-16(25)9-11-17/h2-14,26H,1H3. The molecule has 29 heavy (non-hydrogen) atoms. The Labute approximate surface area is 172 Å². The van der Waals surface area contributed by atoms with Crippen molar-refractivity contribution < 1.29 is 9.15 Å². The molecule has 5 aromatic rings. The van der Waals surface area contributed by atoms with Crippen LogP contribution in [0.2, 0.25) is 5.02 Å². The van der Waals surface area contributed by atoms with Crippen LogP contribution in [0.15, 0.2) is 83.3 Å². The molecule has 0 radical (unpaired) electrons. The van der Waals surface area contributed by atoms with Crippen molar-refractivity contribution >= 4 is 44.8 Å². The third kappa shape index (κ3) is 3.28. The minimum Gasteiger partial charge on any atom is -0.497 e. The molecule has 0 aliphatic heterocycles. The second-order valence-corrected chi connectivity index (χ2v) is 7.13. The van der Waals surface area contributed by atoms with Crippen molar-refractivity contribution in [3.05, 3.63) is 83.9 Å². The molecule has 0 spiro atoms. The van der Waals surface area contributed by atoms with E-state index in [1.54, 1.807) is 7.11 Å². The number of aromatic nitrogens is 1. The van der Waals surface area contributed by atoms with Crippen LogP contribution in [0.4, 0.5) is 11.4 Å². The second-order valence-electron chi connectivity index (χ2n) is 6.70. The van der Waals surface area contributed by atoms with Gasteiger partial charge in [-0.3, -0.25) is 0 Å². The average molecular weight is 401 g/mol. The van der Waals surface area contributed by atoms with Gasteiger partial charge in [-0.1, -0.05) is 35.9 Å². The number of methoxy groups -OCH3 is 1. The van der Waals surface area contributed by atoms with Gasteiger partial charge in [-0.2, -0.15) is 0 Å². The van der Waals surface area contributed by atoms with Crippen molar-refractivity contribution in [2.45, 2.75) is 0 Å². The summed E-state index contributed by atoms with van der Waals surface area (Å²) in [4.78, 5) is 4.77. The third-order valence-corrected chi connectivity index (χ3v) is 5.11. The molecular weight excluding hydrogens is 384 g/mol. The van der Waals surface area contributed by atoms with Gasteiger partial charge in [0.2, 0.25) is 5.89 Å². The maximum Gasteiger partial charge on any atom is 0.227 e. The molecule has 0 unspecified atom stereocenters. The molecule has 0 bridgehead atoms. The Balaban J connectivity index is 1.64. The van der Waals surface area contributed by atoms with Gasteiger partial charge >= 0.3 is 0 Å². The van der Waals surface area contributed by atoms with E-state index in [2.05, 4.69) is 17.4 Å². The van der Waals surface area contributed by atoms with Crippen molar-refractivity contribution in [2.75, 3.05) is 12.4 Å². The number of nitrogens with zero attached hydrogens (tertiary/aromatic N) is 1. The summed E-state index contributed by atoms with van der Waals surface area (Å²) in [5.74, 6) is 1.38. The second kappa shape index (κ2) is 7.15. The largest absolute Gasteiger partial charge is 0.497 e. The molecule has 1 aromatic heterocycles. The van der Waals surface area contributed by atoms with Gasteiger partial charge in [0.25, 0.3) is 0 Å². The lowest BCUT2D eigenvalue weighted by Crippen LogP contribution is -1.91. The molecule has 4 nitrogen and oxygen atoms in total. The van der Waals surface area contributed by atoms with E-state index in [0.29, 0.717) is 10.9 Å². The highest BCUT2D eigenvalue weighted by molar-refractivity contribution is 6.30. The Hall–Kier alpha value is -3.50. The van der Waals surface area contributed by atoms with Crippen LogP contribution in [0.3, 0.4) is 0 Å². The predicted octanol–water partition coefficient (Wildman–Crippen LogP) is 7.05. The number of benzene rings is 4. The van der Waals surface area contributed by atoms with E-state index in [-0.39, 0.29) is 0 Å². The van der Waals surface area contributed by atoms with Crippen molar-refractivity contribution in [2.24, 2.45) is 0 Å². The highest BCUT2D eigenvalue weighted by Crippen LogP contribution is 2.36. The van der Waals surface area contributed by atoms with Gasteiger partial charge in [-0.05, 0) is 48.5 Å². The van der Waals surface area contributed by atoms with Gasteiger partial charge in [0.15, 0.2) is 5.58 Å². The fourth-order valence-electron chi connectivity index (χ4n) is 3.41. The number of halogens is 1. The zero-order chi connectivity index (χ0) is 19.8. The van der Waals surface area contributed by atoms with Crippen LogP contribution in [-0.4, -0.2) is 12.1 Å². The van der Waals surface area contributed by atoms with E-state index in [1.165, 1.54) is 0 Å². The van der Waals surface area contributed by atoms with Crippen molar-refractivity contribution in [1.29, 1.82) is 0 Å². The molecule has 0 fully saturated rings. The Morgan fingerprint density at radius 1 is 0.897 bits per heavy atom. The fraction of sp³-hybridized carbons (Fsp3) is 0.0417. The van der Waals surface area contributed by atoms with Crippen LogP contribution >= 0.6 is 11.6 Å². The smallest absolute Gasteiger partial charge is 0.227 e. The van der Waals surface area contributed by atoms with E-state index in [1.807, 2.05) is 66.7 Å². The lowest BCUT2D eigenvalue weighted by atomic mass is 10.1. The van der Waals surface area contributed by atoms with Gasteiger partial charge in [-0.25, -0.2) is 4.98 Å². The average Bonchev–Trinajstić information content (AvgIpc) is 3.20. The first kappa shape index (κ1) is 17.6. The summed E-state index contributed by atoms with van der Waals surface area (Å²) in [5.41, 5.74) is 4.37. The van der Waals surface area contributed by atoms with E-state index < -0.39 is 0 Å². The molecule has 0 aliphatic rings. The summed E-state index contributed by atoms with van der Waals surface area (Å²) in [6.07, 6.45) is 0. The van der Waals surface area contributed by atoms with Crippen LogP contribution in [0.1, 0.15) is 0 Å². The summed E-state index contributed by atoms with van der Waals surface area (Å²) in [7, 11) is 1.65. The molecule has 1 N–H and O–H groups in total. The first-order valence-electron chi connectivity index (χ1n) is 9.20. The molecule has 5 rings (SSSR count). The van der Waals surface area contributed by atoms with Gasteiger partial charge in [0.05, 0.1) is 12.8 Å². The van der Waals surface area contributed by atoms with Crippen molar-refractivity contribution in [3.8, 4) is 17.2 Å². The molecular formula is C24H17ClN2O2. The molecule has 0 amide bonds. The van der Waals surface area contributed by atoms with Gasteiger partial charge in [0, 0.05) is 33.1 Å². The normalized spacial score (nSPS) is 11.1. The van der Waals surface area contributed by atoms with Crippen molar-refractivity contribution in [1.82, 2.24) is 4.98 Å². The number of fused-ring (bicyclic) bond motifs is 3. The Morgan fingerprint density at radius 2 is 1.62 bits per heavy atom. The Morgan fingerprint density at radius 3 is 2.34 bits per heavy atom. The SMILES string of the molecule is COc1ccc(-c2nc3c(cc(Nc4ccc(Cl)cc4)c4ccccc43)o2)cc1. The Kier molecular flexibility index (Phi) is 4.34. The zero-order valence-corrected chi connectivity index (χ0v) is 16.4. The number of rotatable bonds is 4. The summed E-state index contributed by atoms with van der Waals surface area (Å²) in [6.45, 7) is 0. The fourth-order valence-corrected chi connectivity index (χ4v) is 3.53. The highest BCUT2D eigenvalue weighted by atomic mass is 35.5. The van der Waals surface area contributed by atoms with Crippen LogP contribution in [0.25, 0.3) is 33.3 Å². The van der Waals surface area contributed by atoms with E-state index in [0.717, 1.165) is 44.6 Å². The van der Waals surface area contributed by atoms with E-state index in [9.17, 15) is 0 Å². The molecule has 0 atom stereocenters. The lowest BCUT2D eigenvalue weighted by Gasteiger charge is -2.10. The minimum absolute atomic E-state index is 0.580. The van der Waals surface area contributed by atoms with Crippen LogP contribution in [0, 0.1) is 0 Å². The van der Waals surface area contributed by atoms with Crippen molar-refractivity contribution in [3.63, 3.8) is 0 Å². The maximum absolute atomic E-state index is 6.12. The zero-order valence-electron chi connectivity index (χ0n) is 15.6. The summed E-state index contributed by atoms with van der Waals surface area (Å²) in [6, 6.07) is 25.5. The van der Waals surface area contributed by atoms with E-state index >= 15 is 0 Å². The van der Waals surface area contributed by atoms with Crippen LogP contribution in [-0.2, 0) is 0 Å². The Bertz CT molecular complexity index is 1310. The minimum atomic E-state index is 0.580. The molecule has 0 aliphatic carbocycles. The summed E-state index contributed by atoms with van der Waals surface area (Å²) < 4.78 is 11.4. The number of anilines is 2. The van der Waals surface area contributed by atoms with Crippen LogP contribution in [0.5, 0.6) is 5.75 Å². The monoisotopic (exact) mass is 400 g/mol. The lowest BCUT2D eigenvalue weighted by molar-refractivity contribution is 0.415. The van der Waals surface area contributed by atoms with E-state index in [4.69, 9.17) is 25.7 Å². The first-order chi connectivity index (χ1) is 14.2. The number of hydrogen-bond donors (Lipinski definition) is 1. The van der Waals surface area contributed by atoms with Gasteiger partial charge in [-0.15, -0.1) is 0 Å². The predicted molar refractivity (Wildman–Crippen MR) is 118 cm³/mol. The molecule has 4 aromatic carbocycles. The topological polar surface area (TPSA) is 47.3 Å². The molecule has 5 heteroatoms. The highest BCUT2D eigenvalue weighted by Gasteiger charge is 2.14. The molecule has 1 heterocycles. The number of hydrogen-bond acceptors (Lipinski definition) is 4.